The summed E-state index contributed by atoms with van der Waals surface area (Å²) in [5.74, 6) is -0.137. The maximum Gasteiger partial charge on any atom is 0.293 e. The van der Waals surface area contributed by atoms with E-state index in [1.54, 1.807) is 36.4 Å². The van der Waals surface area contributed by atoms with Gasteiger partial charge in [0.25, 0.3) is 6.47 Å². The maximum absolute atomic E-state index is 12.4. The van der Waals surface area contributed by atoms with Gasteiger partial charge in [-0.2, -0.15) is 0 Å². The van der Waals surface area contributed by atoms with Crippen molar-refractivity contribution in [2.45, 2.75) is 12.4 Å². The van der Waals surface area contributed by atoms with E-state index in [9.17, 15) is 13.2 Å². The number of carbonyl (C=O) groups excluding carboxylic acids is 1. The first-order valence-corrected chi connectivity index (χ1v) is 10.00. The normalized spacial score (nSPS) is 11.0. The summed E-state index contributed by atoms with van der Waals surface area (Å²) in [6.07, 6.45) is 0. The molecule has 0 aliphatic rings. The number of anilines is 1. The second-order valence-electron chi connectivity index (χ2n) is 6.03. The predicted molar refractivity (Wildman–Crippen MR) is 105 cm³/mol. The smallest absolute Gasteiger partial charge is 0.293 e. The molecule has 0 saturated carbocycles. The molecule has 5 nitrogen and oxygen atoms in total. The molecule has 0 atom stereocenters. The van der Waals surface area contributed by atoms with Crippen molar-refractivity contribution < 1.29 is 17.9 Å². The lowest BCUT2D eigenvalue weighted by Crippen LogP contribution is -2.15. The molecular weight excluding hydrogens is 362 g/mol. The standard InChI is InChI=1S/C21H19NO4S/c23-16-26-14-17-6-8-18(9-7-17)15-27(24,25)22-21-12-10-20(11-13-21)19-4-2-1-3-5-19/h1-13,16,22H,14-15H2. The third-order valence-electron chi connectivity index (χ3n) is 3.96. The van der Waals surface area contributed by atoms with Crippen LogP contribution < -0.4 is 4.72 Å². The third-order valence-corrected chi connectivity index (χ3v) is 5.22. The van der Waals surface area contributed by atoms with Gasteiger partial charge in [0, 0.05) is 5.69 Å². The van der Waals surface area contributed by atoms with E-state index in [0.717, 1.165) is 16.7 Å². The molecule has 0 radical (unpaired) electrons. The maximum atomic E-state index is 12.4. The van der Waals surface area contributed by atoms with Crippen molar-refractivity contribution in [2.75, 3.05) is 4.72 Å². The van der Waals surface area contributed by atoms with Crippen molar-refractivity contribution in [1.82, 2.24) is 0 Å². The lowest BCUT2D eigenvalue weighted by atomic mass is 10.1. The summed E-state index contributed by atoms with van der Waals surface area (Å²) in [4.78, 5) is 10.2. The molecule has 0 aliphatic heterocycles. The van der Waals surface area contributed by atoms with Crippen LogP contribution in [0.1, 0.15) is 11.1 Å². The third kappa shape index (κ3) is 5.43. The number of sulfonamides is 1. The fraction of sp³-hybridized carbons (Fsp3) is 0.0952. The van der Waals surface area contributed by atoms with Gasteiger partial charge in [-0.3, -0.25) is 9.52 Å². The van der Waals surface area contributed by atoms with E-state index >= 15 is 0 Å². The quantitative estimate of drug-likeness (QED) is 0.599. The van der Waals surface area contributed by atoms with Gasteiger partial charge >= 0.3 is 0 Å². The Balaban J connectivity index is 1.64. The van der Waals surface area contributed by atoms with Gasteiger partial charge < -0.3 is 4.74 Å². The van der Waals surface area contributed by atoms with Gasteiger partial charge in [-0.1, -0.05) is 66.7 Å². The molecule has 0 aromatic heterocycles. The van der Waals surface area contributed by atoms with Crippen LogP contribution in [0.4, 0.5) is 5.69 Å². The van der Waals surface area contributed by atoms with E-state index in [0.29, 0.717) is 17.7 Å². The SMILES string of the molecule is O=COCc1ccc(CS(=O)(=O)Nc2ccc(-c3ccccc3)cc2)cc1. The molecule has 0 amide bonds. The Morgan fingerprint density at radius 3 is 2.00 bits per heavy atom. The molecule has 0 fully saturated rings. The molecule has 27 heavy (non-hydrogen) atoms. The van der Waals surface area contributed by atoms with E-state index in [1.165, 1.54) is 0 Å². The van der Waals surface area contributed by atoms with E-state index in [2.05, 4.69) is 9.46 Å². The Kier molecular flexibility index (Phi) is 5.88. The Morgan fingerprint density at radius 2 is 1.37 bits per heavy atom. The summed E-state index contributed by atoms with van der Waals surface area (Å²) in [5, 5.41) is 0. The van der Waals surface area contributed by atoms with Crippen LogP contribution in [0.15, 0.2) is 78.9 Å². The second kappa shape index (κ2) is 8.51. The summed E-state index contributed by atoms with van der Waals surface area (Å²) in [6, 6.07) is 24.0. The van der Waals surface area contributed by atoms with Crippen molar-refractivity contribution in [3.63, 3.8) is 0 Å². The molecule has 0 aliphatic carbocycles. The molecule has 3 aromatic rings. The highest BCUT2D eigenvalue weighted by atomic mass is 32.2. The predicted octanol–water partition coefficient (Wildman–Crippen LogP) is 3.97. The van der Waals surface area contributed by atoms with Gasteiger partial charge in [0.2, 0.25) is 10.0 Å². The van der Waals surface area contributed by atoms with Crippen LogP contribution in [0.3, 0.4) is 0 Å². The van der Waals surface area contributed by atoms with Gasteiger partial charge in [0.05, 0.1) is 5.75 Å². The van der Waals surface area contributed by atoms with Crippen molar-refractivity contribution >= 4 is 22.2 Å². The summed E-state index contributed by atoms with van der Waals surface area (Å²) < 4.78 is 32.1. The number of ether oxygens (including phenoxy) is 1. The highest BCUT2D eigenvalue weighted by Crippen LogP contribution is 2.22. The first kappa shape index (κ1) is 18.7. The number of hydrogen-bond donors (Lipinski definition) is 1. The molecular formula is C21H19NO4S. The summed E-state index contributed by atoms with van der Waals surface area (Å²) in [5.41, 5.74) is 4.06. The number of carbonyl (C=O) groups is 1. The van der Waals surface area contributed by atoms with Crippen molar-refractivity contribution in [3.8, 4) is 11.1 Å². The van der Waals surface area contributed by atoms with Crippen LogP contribution in [0.25, 0.3) is 11.1 Å². The van der Waals surface area contributed by atoms with E-state index < -0.39 is 10.0 Å². The van der Waals surface area contributed by atoms with Crippen LogP contribution in [0.2, 0.25) is 0 Å². The highest BCUT2D eigenvalue weighted by molar-refractivity contribution is 7.91. The molecule has 0 spiro atoms. The zero-order valence-electron chi connectivity index (χ0n) is 14.5. The van der Waals surface area contributed by atoms with Gasteiger partial charge in [-0.25, -0.2) is 8.42 Å². The molecule has 0 unspecified atom stereocenters. The van der Waals surface area contributed by atoms with E-state index in [1.807, 2.05) is 42.5 Å². The molecule has 0 heterocycles. The second-order valence-corrected chi connectivity index (χ2v) is 7.75. The Hall–Kier alpha value is -3.12. The van der Waals surface area contributed by atoms with Crippen LogP contribution in [0.5, 0.6) is 0 Å². The lowest BCUT2D eigenvalue weighted by Gasteiger charge is -2.10. The van der Waals surface area contributed by atoms with Crippen LogP contribution in [0, 0.1) is 0 Å². The molecule has 1 N–H and O–H groups in total. The monoisotopic (exact) mass is 381 g/mol. The first-order chi connectivity index (χ1) is 13.1. The largest absolute Gasteiger partial charge is 0.463 e. The lowest BCUT2D eigenvalue weighted by molar-refractivity contribution is -0.129. The molecule has 3 aromatic carbocycles. The van der Waals surface area contributed by atoms with Crippen molar-refractivity contribution in [2.24, 2.45) is 0 Å². The highest BCUT2D eigenvalue weighted by Gasteiger charge is 2.12. The minimum atomic E-state index is -3.53. The zero-order chi connectivity index (χ0) is 19.1. The number of benzene rings is 3. The van der Waals surface area contributed by atoms with E-state index in [4.69, 9.17) is 0 Å². The first-order valence-electron chi connectivity index (χ1n) is 8.35. The topological polar surface area (TPSA) is 72.5 Å². The summed E-state index contributed by atoms with van der Waals surface area (Å²) in [7, 11) is -3.53. The van der Waals surface area contributed by atoms with Gasteiger partial charge in [-0.15, -0.1) is 0 Å². The number of rotatable bonds is 8. The van der Waals surface area contributed by atoms with Crippen LogP contribution in [-0.4, -0.2) is 14.9 Å². The Labute approximate surface area is 158 Å². The molecule has 6 heteroatoms. The minimum absolute atomic E-state index is 0.137. The number of nitrogens with one attached hydrogen (secondary N) is 1. The summed E-state index contributed by atoms with van der Waals surface area (Å²) in [6.45, 7) is 0.550. The van der Waals surface area contributed by atoms with Gasteiger partial charge in [0.15, 0.2) is 0 Å². The average Bonchev–Trinajstić information content (AvgIpc) is 2.68. The van der Waals surface area contributed by atoms with Crippen LogP contribution in [-0.2, 0) is 31.9 Å². The van der Waals surface area contributed by atoms with E-state index in [-0.39, 0.29) is 12.4 Å². The van der Waals surface area contributed by atoms with Gasteiger partial charge in [0.1, 0.15) is 6.61 Å². The van der Waals surface area contributed by atoms with Crippen molar-refractivity contribution in [3.05, 3.63) is 90.0 Å². The minimum Gasteiger partial charge on any atom is -0.463 e. The van der Waals surface area contributed by atoms with Crippen molar-refractivity contribution in [1.29, 1.82) is 0 Å². The molecule has 0 saturated heterocycles. The fourth-order valence-corrected chi connectivity index (χ4v) is 3.86. The van der Waals surface area contributed by atoms with Gasteiger partial charge in [-0.05, 0) is 34.4 Å². The average molecular weight is 381 g/mol. The Morgan fingerprint density at radius 1 is 0.778 bits per heavy atom. The summed E-state index contributed by atoms with van der Waals surface area (Å²) >= 11 is 0. The molecule has 3 rings (SSSR count). The fourth-order valence-electron chi connectivity index (χ4n) is 2.66. The zero-order valence-corrected chi connectivity index (χ0v) is 15.4. The van der Waals surface area contributed by atoms with Crippen LogP contribution >= 0.6 is 0 Å². The molecule has 0 bridgehead atoms. The number of hydrogen-bond acceptors (Lipinski definition) is 4. The Bertz CT molecular complexity index is 983. The molecule has 138 valence electrons.